The van der Waals surface area contributed by atoms with Crippen molar-refractivity contribution >= 4 is 23.7 Å². The molecule has 0 aliphatic carbocycles. The zero-order valence-electron chi connectivity index (χ0n) is 15.1. The van der Waals surface area contributed by atoms with Crippen molar-refractivity contribution in [1.29, 1.82) is 0 Å². The number of ether oxygens (including phenoxy) is 1. The predicted octanol–water partition coefficient (Wildman–Crippen LogP) is 2.47. The molecule has 2 rings (SSSR count). The zero-order valence-corrected chi connectivity index (χ0v) is 15.1. The van der Waals surface area contributed by atoms with Crippen molar-refractivity contribution in [2.24, 2.45) is 5.92 Å². The van der Waals surface area contributed by atoms with Crippen molar-refractivity contribution in [3.05, 3.63) is 70.3 Å². The Morgan fingerprint density at radius 1 is 1.00 bits per heavy atom. The van der Waals surface area contributed by atoms with E-state index < -0.39 is 34.9 Å². The van der Waals surface area contributed by atoms with Crippen LogP contribution in [0.25, 0.3) is 0 Å². The number of non-ortho nitro benzene ring substituents is 1. The Bertz CT molecular complexity index is 883. The van der Waals surface area contributed by atoms with Gasteiger partial charge in [0.25, 0.3) is 5.69 Å². The molecule has 0 aliphatic heterocycles. The second-order valence-corrected chi connectivity index (χ2v) is 6.14. The Morgan fingerprint density at radius 3 is 2.14 bits per heavy atom. The number of carboxylic acid groups (broad SMARTS) is 2. The van der Waals surface area contributed by atoms with Gasteiger partial charge in [0.15, 0.2) is 0 Å². The van der Waals surface area contributed by atoms with Gasteiger partial charge in [-0.15, -0.1) is 0 Å². The Hall–Kier alpha value is -3.95. The van der Waals surface area contributed by atoms with Crippen LogP contribution < -0.4 is 10.1 Å². The first-order valence-corrected chi connectivity index (χ1v) is 8.48. The van der Waals surface area contributed by atoms with Crippen LogP contribution in [0.4, 0.5) is 10.5 Å². The van der Waals surface area contributed by atoms with Crippen LogP contribution in [0.2, 0.25) is 0 Å². The topological polar surface area (TPSA) is 156 Å². The lowest BCUT2D eigenvalue weighted by Gasteiger charge is -2.19. The fraction of sp³-hybridized carbons (Fsp3) is 0.211. The summed E-state index contributed by atoms with van der Waals surface area (Å²) in [5, 5.41) is 31.5. The molecule has 0 aliphatic rings. The van der Waals surface area contributed by atoms with Gasteiger partial charge >= 0.3 is 18.0 Å². The quantitative estimate of drug-likeness (QED) is 0.426. The first-order valence-electron chi connectivity index (χ1n) is 8.48. The number of benzene rings is 2. The zero-order chi connectivity index (χ0) is 21.4. The summed E-state index contributed by atoms with van der Waals surface area (Å²) in [6.45, 7) is 0. The van der Waals surface area contributed by atoms with E-state index in [1.807, 2.05) is 0 Å². The summed E-state index contributed by atoms with van der Waals surface area (Å²) in [7, 11) is 0. The molecule has 0 heterocycles. The van der Waals surface area contributed by atoms with Crippen molar-refractivity contribution in [3.8, 4) is 5.75 Å². The van der Waals surface area contributed by atoms with E-state index in [9.17, 15) is 34.7 Å². The number of nitro benzene ring substituents is 1. The summed E-state index contributed by atoms with van der Waals surface area (Å²) in [5.74, 6) is -3.68. The molecule has 0 spiro atoms. The van der Waals surface area contributed by atoms with E-state index in [4.69, 9.17) is 4.74 Å². The Balaban J connectivity index is 2.01. The van der Waals surface area contributed by atoms with Gasteiger partial charge in [-0.25, -0.2) is 9.59 Å². The van der Waals surface area contributed by atoms with Crippen LogP contribution in [0.1, 0.15) is 12.0 Å². The van der Waals surface area contributed by atoms with Gasteiger partial charge in [0, 0.05) is 12.1 Å². The van der Waals surface area contributed by atoms with Crippen LogP contribution in [0.3, 0.4) is 0 Å². The minimum absolute atomic E-state index is 0.0312. The SMILES string of the molecule is O=C(N[C@@H](CC(Cc1ccccc1)C(=O)O)C(=O)O)Oc1ccc([N+](=O)[O-])cc1. The number of rotatable bonds is 9. The average molecular weight is 402 g/mol. The highest BCUT2D eigenvalue weighted by Gasteiger charge is 2.29. The van der Waals surface area contributed by atoms with Crippen molar-refractivity contribution in [2.75, 3.05) is 0 Å². The smallest absolute Gasteiger partial charge is 0.413 e. The van der Waals surface area contributed by atoms with Crippen molar-refractivity contribution in [1.82, 2.24) is 5.32 Å². The number of amides is 1. The second kappa shape index (κ2) is 9.83. The van der Waals surface area contributed by atoms with Crippen LogP contribution in [0.5, 0.6) is 5.75 Å². The lowest BCUT2D eigenvalue weighted by molar-refractivity contribution is -0.384. The fourth-order valence-electron chi connectivity index (χ4n) is 2.59. The van der Waals surface area contributed by atoms with Gasteiger partial charge < -0.3 is 20.3 Å². The lowest BCUT2D eigenvalue weighted by atomic mass is 9.93. The molecule has 0 aromatic heterocycles. The summed E-state index contributed by atoms with van der Waals surface area (Å²) < 4.78 is 4.91. The number of nitrogens with zero attached hydrogens (tertiary/aromatic N) is 1. The van der Waals surface area contributed by atoms with E-state index in [1.165, 1.54) is 12.1 Å². The molecule has 0 bridgehead atoms. The van der Waals surface area contributed by atoms with Crippen LogP contribution in [0, 0.1) is 16.0 Å². The van der Waals surface area contributed by atoms with Crippen LogP contribution in [-0.2, 0) is 16.0 Å². The number of carbonyl (C=O) groups excluding carboxylic acids is 1. The normalized spacial score (nSPS) is 12.4. The van der Waals surface area contributed by atoms with E-state index in [-0.39, 0.29) is 24.3 Å². The summed E-state index contributed by atoms with van der Waals surface area (Å²) in [5.41, 5.74) is 0.517. The van der Waals surface area contributed by atoms with Gasteiger partial charge in [-0.3, -0.25) is 14.9 Å². The molecule has 0 saturated carbocycles. The number of carbonyl (C=O) groups is 3. The summed E-state index contributed by atoms with van der Waals surface area (Å²) in [4.78, 5) is 45.0. The molecule has 1 unspecified atom stereocenters. The molecular weight excluding hydrogens is 384 g/mol. The number of nitro groups is 1. The molecule has 152 valence electrons. The minimum atomic E-state index is -1.50. The van der Waals surface area contributed by atoms with E-state index >= 15 is 0 Å². The number of carboxylic acids is 2. The third-order valence-electron chi connectivity index (χ3n) is 4.04. The van der Waals surface area contributed by atoms with E-state index in [0.717, 1.165) is 17.7 Å². The largest absolute Gasteiger partial charge is 0.481 e. The maximum Gasteiger partial charge on any atom is 0.413 e. The van der Waals surface area contributed by atoms with Crippen LogP contribution >= 0.6 is 0 Å². The standard InChI is InChI=1S/C19H18N2O8/c22-17(23)13(10-12-4-2-1-3-5-12)11-16(18(24)25)20-19(26)29-15-8-6-14(7-9-15)21(27)28/h1-9,13,16H,10-11H2,(H,20,26)(H,22,23)(H,24,25)/t13?,16-/m0/s1. The predicted molar refractivity (Wildman–Crippen MR) is 99.6 cm³/mol. The molecule has 2 atom stereocenters. The number of hydrogen-bond donors (Lipinski definition) is 3. The fourth-order valence-corrected chi connectivity index (χ4v) is 2.59. The monoisotopic (exact) mass is 402 g/mol. The van der Waals surface area contributed by atoms with Gasteiger partial charge in [0.2, 0.25) is 0 Å². The minimum Gasteiger partial charge on any atom is -0.481 e. The first kappa shape index (κ1) is 21.4. The molecule has 1 amide bonds. The lowest BCUT2D eigenvalue weighted by Crippen LogP contribution is -2.44. The first-order chi connectivity index (χ1) is 13.8. The Labute approximate surface area is 164 Å². The second-order valence-electron chi connectivity index (χ2n) is 6.14. The number of aliphatic carboxylic acids is 2. The molecule has 3 N–H and O–H groups in total. The third-order valence-corrected chi connectivity index (χ3v) is 4.04. The molecular formula is C19H18N2O8. The van der Waals surface area contributed by atoms with Crippen molar-refractivity contribution in [2.45, 2.75) is 18.9 Å². The van der Waals surface area contributed by atoms with Gasteiger partial charge in [0.05, 0.1) is 10.8 Å². The highest BCUT2D eigenvalue weighted by atomic mass is 16.6. The van der Waals surface area contributed by atoms with E-state index in [2.05, 4.69) is 5.32 Å². The molecule has 0 fully saturated rings. The van der Waals surface area contributed by atoms with Gasteiger partial charge in [-0.05, 0) is 30.5 Å². The molecule has 10 heteroatoms. The van der Waals surface area contributed by atoms with Crippen molar-refractivity contribution < 1.29 is 34.3 Å². The third kappa shape index (κ3) is 6.61. The summed E-state index contributed by atoms with van der Waals surface area (Å²) in [6.07, 6.45) is -1.37. The maximum absolute atomic E-state index is 12.0. The van der Waals surface area contributed by atoms with Crippen LogP contribution in [0.15, 0.2) is 54.6 Å². The van der Waals surface area contributed by atoms with Gasteiger partial charge in [-0.2, -0.15) is 0 Å². The maximum atomic E-state index is 12.0. The highest BCUT2D eigenvalue weighted by molar-refractivity contribution is 5.82. The molecule has 0 saturated heterocycles. The highest BCUT2D eigenvalue weighted by Crippen LogP contribution is 2.18. The van der Waals surface area contributed by atoms with Crippen LogP contribution in [-0.4, -0.2) is 39.2 Å². The van der Waals surface area contributed by atoms with Crippen molar-refractivity contribution in [3.63, 3.8) is 0 Å². The Morgan fingerprint density at radius 2 is 1.62 bits per heavy atom. The Kier molecular flexibility index (Phi) is 7.24. The van der Waals surface area contributed by atoms with E-state index in [0.29, 0.717) is 0 Å². The molecule has 2 aromatic carbocycles. The number of nitrogens with one attached hydrogen (secondary N) is 1. The summed E-state index contributed by atoms with van der Waals surface area (Å²) >= 11 is 0. The molecule has 0 radical (unpaired) electrons. The number of hydrogen-bond acceptors (Lipinski definition) is 6. The van der Waals surface area contributed by atoms with E-state index in [1.54, 1.807) is 30.3 Å². The molecule has 10 nitrogen and oxygen atoms in total. The summed E-state index contributed by atoms with van der Waals surface area (Å²) in [6, 6.07) is 11.8. The van der Waals surface area contributed by atoms with Gasteiger partial charge in [0.1, 0.15) is 11.8 Å². The molecule has 29 heavy (non-hydrogen) atoms. The average Bonchev–Trinajstić information content (AvgIpc) is 2.67. The molecule has 2 aromatic rings. The van der Waals surface area contributed by atoms with Gasteiger partial charge in [-0.1, -0.05) is 30.3 Å².